The van der Waals surface area contributed by atoms with Crippen LogP contribution in [-0.2, 0) is 24.2 Å². The van der Waals surface area contributed by atoms with Crippen LogP contribution in [0.5, 0.6) is 0 Å². The number of carbonyl (C=O) groups is 1. The molecule has 1 N–H and O–H groups in total. The number of rotatable bonds is 6. The monoisotopic (exact) mass is 393 g/mol. The van der Waals surface area contributed by atoms with Gasteiger partial charge in [-0.3, -0.25) is 14.2 Å². The van der Waals surface area contributed by atoms with Gasteiger partial charge in [0.25, 0.3) is 5.56 Å². The molecular formula is C19H27N3O2S2. The molecule has 0 spiro atoms. The standard InChI is InChI=1S/C19H27N3O2S2/c1-5-12(4)20-15(23)10-25-19-21-17-16(18(24)22(19)6-2)13-8-7-11(3)9-14(13)26-17/h11-12H,5-10H2,1-4H3,(H,20,23). The number of hydrogen-bond acceptors (Lipinski definition) is 5. The predicted octanol–water partition coefficient (Wildman–Crippen LogP) is 3.61. The minimum Gasteiger partial charge on any atom is -0.353 e. The van der Waals surface area contributed by atoms with Gasteiger partial charge in [0.1, 0.15) is 4.83 Å². The molecule has 2 aromatic rings. The lowest BCUT2D eigenvalue weighted by atomic mass is 9.89. The topological polar surface area (TPSA) is 64.0 Å². The summed E-state index contributed by atoms with van der Waals surface area (Å²) in [6.45, 7) is 8.83. The Morgan fingerprint density at radius 1 is 1.46 bits per heavy atom. The molecule has 0 fully saturated rings. The average molecular weight is 394 g/mol. The van der Waals surface area contributed by atoms with Crippen LogP contribution in [0.4, 0.5) is 0 Å². The van der Waals surface area contributed by atoms with Gasteiger partial charge in [0.15, 0.2) is 5.16 Å². The van der Waals surface area contributed by atoms with Crippen molar-refractivity contribution in [1.29, 1.82) is 0 Å². The summed E-state index contributed by atoms with van der Waals surface area (Å²) in [5.41, 5.74) is 1.27. The Kier molecular flexibility index (Phi) is 6.07. The van der Waals surface area contributed by atoms with Gasteiger partial charge in [-0.2, -0.15) is 0 Å². The third kappa shape index (κ3) is 3.83. The van der Waals surface area contributed by atoms with Crippen molar-refractivity contribution in [1.82, 2.24) is 14.9 Å². The summed E-state index contributed by atoms with van der Waals surface area (Å²) in [5, 5.41) is 4.42. The fraction of sp³-hybridized carbons (Fsp3) is 0.632. The summed E-state index contributed by atoms with van der Waals surface area (Å²) in [4.78, 5) is 32.1. The second-order valence-electron chi connectivity index (χ2n) is 7.14. The van der Waals surface area contributed by atoms with Gasteiger partial charge in [0.2, 0.25) is 5.91 Å². The zero-order chi connectivity index (χ0) is 18.8. The van der Waals surface area contributed by atoms with Gasteiger partial charge in [0, 0.05) is 17.5 Å². The SMILES string of the molecule is CCC(C)NC(=O)CSc1nc2sc3c(c2c(=O)n1CC)CCC(C)C3. The van der Waals surface area contributed by atoms with E-state index in [0.717, 1.165) is 35.9 Å². The van der Waals surface area contributed by atoms with Crippen LogP contribution >= 0.6 is 23.1 Å². The maximum Gasteiger partial charge on any atom is 0.263 e. The van der Waals surface area contributed by atoms with Gasteiger partial charge < -0.3 is 5.32 Å². The summed E-state index contributed by atoms with van der Waals surface area (Å²) in [5.74, 6) is 0.937. The Morgan fingerprint density at radius 3 is 2.92 bits per heavy atom. The molecule has 0 radical (unpaired) electrons. The van der Waals surface area contributed by atoms with Gasteiger partial charge in [-0.15, -0.1) is 11.3 Å². The molecule has 1 aliphatic carbocycles. The van der Waals surface area contributed by atoms with Crippen molar-refractivity contribution in [3.05, 3.63) is 20.8 Å². The number of amides is 1. The minimum atomic E-state index is -0.0133. The molecule has 0 saturated carbocycles. The second kappa shape index (κ2) is 8.13. The maximum atomic E-state index is 13.1. The first-order valence-electron chi connectivity index (χ1n) is 9.41. The molecule has 2 heterocycles. The number of hydrogen-bond donors (Lipinski definition) is 1. The Morgan fingerprint density at radius 2 is 2.23 bits per heavy atom. The molecule has 0 bridgehead atoms. The maximum absolute atomic E-state index is 13.1. The van der Waals surface area contributed by atoms with Crippen LogP contribution in [0, 0.1) is 5.92 Å². The molecule has 1 aliphatic rings. The summed E-state index contributed by atoms with van der Waals surface area (Å²) < 4.78 is 1.72. The molecule has 2 atom stereocenters. The van der Waals surface area contributed by atoms with Crippen LogP contribution in [-0.4, -0.2) is 27.3 Å². The lowest BCUT2D eigenvalue weighted by molar-refractivity contribution is -0.119. The van der Waals surface area contributed by atoms with Crippen molar-refractivity contribution in [2.75, 3.05) is 5.75 Å². The molecule has 142 valence electrons. The molecule has 3 rings (SSSR count). The first-order chi connectivity index (χ1) is 12.4. The van der Waals surface area contributed by atoms with Gasteiger partial charge in [-0.25, -0.2) is 4.98 Å². The smallest absolute Gasteiger partial charge is 0.263 e. The summed E-state index contributed by atoms with van der Waals surface area (Å²) in [6.07, 6.45) is 4.05. The molecular weight excluding hydrogens is 366 g/mol. The van der Waals surface area contributed by atoms with Crippen molar-refractivity contribution in [2.24, 2.45) is 5.92 Å². The summed E-state index contributed by atoms with van der Waals surface area (Å²) >= 11 is 3.02. The Hall–Kier alpha value is -1.34. The molecule has 0 aliphatic heterocycles. The highest BCUT2D eigenvalue weighted by atomic mass is 32.2. The highest BCUT2D eigenvalue weighted by molar-refractivity contribution is 7.99. The highest BCUT2D eigenvalue weighted by Gasteiger charge is 2.24. The Bertz CT molecular complexity index is 872. The van der Waals surface area contributed by atoms with Crippen molar-refractivity contribution in [3.63, 3.8) is 0 Å². The van der Waals surface area contributed by atoms with Crippen molar-refractivity contribution >= 4 is 39.2 Å². The Labute approximate surface area is 162 Å². The molecule has 5 nitrogen and oxygen atoms in total. The quantitative estimate of drug-likeness (QED) is 0.601. The highest BCUT2D eigenvalue weighted by Crippen LogP contribution is 2.36. The molecule has 0 saturated heterocycles. The van der Waals surface area contributed by atoms with Crippen molar-refractivity contribution in [3.8, 4) is 0 Å². The van der Waals surface area contributed by atoms with Crippen LogP contribution in [0.25, 0.3) is 10.2 Å². The number of aromatic nitrogens is 2. The fourth-order valence-electron chi connectivity index (χ4n) is 3.34. The fourth-order valence-corrected chi connectivity index (χ4v) is 5.64. The van der Waals surface area contributed by atoms with Gasteiger partial charge in [-0.1, -0.05) is 25.6 Å². The second-order valence-corrected chi connectivity index (χ2v) is 9.17. The zero-order valence-corrected chi connectivity index (χ0v) is 17.6. The lowest BCUT2D eigenvalue weighted by Crippen LogP contribution is -2.33. The number of aryl methyl sites for hydroxylation is 1. The number of nitrogens with one attached hydrogen (secondary N) is 1. The van der Waals surface area contributed by atoms with E-state index in [0.29, 0.717) is 17.6 Å². The van der Waals surface area contributed by atoms with Crippen LogP contribution in [0.1, 0.15) is 51.0 Å². The lowest BCUT2D eigenvalue weighted by Gasteiger charge is -2.17. The molecule has 1 amide bonds. The van der Waals surface area contributed by atoms with Crippen LogP contribution < -0.4 is 10.9 Å². The van der Waals surface area contributed by atoms with Gasteiger partial charge >= 0.3 is 0 Å². The van der Waals surface area contributed by atoms with Gasteiger partial charge in [-0.05, 0) is 51.0 Å². The third-order valence-corrected chi connectivity index (χ3v) is 7.17. The van der Waals surface area contributed by atoms with E-state index >= 15 is 0 Å². The number of fused-ring (bicyclic) bond motifs is 3. The van der Waals surface area contributed by atoms with Crippen LogP contribution in [0.15, 0.2) is 9.95 Å². The number of nitrogens with zero attached hydrogens (tertiary/aromatic N) is 2. The van der Waals surface area contributed by atoms with E-state index < -0.39 is 0 Å². The molecule has 2 unspecified atom stereocenters. The number of carbonyl (C=O) groups excluding carboxylic acids is 1. The van der Waals surface area contributed by atoms with E-state index in [9.17, 15) is 9.59 Å². The molecule has 26 heavy (non-hydrogen) atoms. The molecule has 2 aromatic heterocycles. The first kappa shape index (κ1) is 19.4. The largest absolute Gasteiger partial charge is 0.353 e. The van der Waals surface area contributed by atoms with E-state index in [1.165, 1.54) is 22.2 Å². The molecule has 7 heteroatoms. The number of thioether (sulfide) groups is 1. The van der Waals surface area contributed by atoms with E-state index in [2.05, 4.69) is 12.2 Å². The first-order valence-corrected chi connectivity index (χ1v) is 11.2. The van der Waals surface area contributed by atoms with Crippen LogP contribution in [0.3, 0.4) is 0 Å². The minimum absolute atomic E-state index is 0.0133. The van der Waals surface area contributed by atoms with Crippen LogP contribution in [0.2, 0.25) is 0 Å². The van der Waals surface area contributed by atoms with Crippen molar-refractivity contribution < 1.29 is 4.79 Å². The van der Waals surface area contributed by atoms with E-state index in [4.69, 9.17) is 4.98 Å². The molecule has 0 aromatic carbocycles. The third-order valence-electron chi connectivity index (χ3n) is 5.05. The normalized spacial score (nSPS) is 17.9. The zero-order valence-electron chi connectivity index (χ0n) is 15.9. The average Bonchev–Trinajstić information content (AvgIpc) is 2.97. The van der Waals surface area contributed by atoms with E-state index in [-0.39, 0.29) is 23.3 Å². The summed E-state index contributed by atoms with van der Waals surface area (Å²) in [6, 6.07) is 0.165. The van der Waals surface area contributed by atoms with E-state index in [1.807, 2.05) is 20.8 Å². The van der Waals surface area contributed by atoms with E-state index in [1.54, 1.807) is 15.9 Å². The van der Waals surface area contributed by atoms with Crippen molar-refractivity contribution in [2.45, 2.75) is 71.1 Å². The number of thiophene rings is 1. The Balaban J connectivity index is 1.91. The van der Waals surface area contributed by atoms with Gasteiger partial charge in [0.05, 0.1) is 11.1 Å². The predicted molar refractivity (Wildman–Crippen MR) is 109 cm³/mol. The summed E-state index contributed by atoms with van der Waals surface area (Å²) in [7, 11) is 0.